The molecule has 1 rings (SSSR count). The number of carbonyl (C=O) groups is 1. The first-order valence-corrected chi connectivity index (χ1v) is 5.70. The molecule has 19 heavy (non-hydrogen) atoms. The predicted molar refractivity (Wildman–Crippen MR) is 68.1 cm³/mol. The average molecular weight is 289 g/mol. The molecule has 3 N–H and O–H groups in total. The minimum absolute atomic E-state index is 0.0599. The lowest BCUT2D eigenvalue weighted by molar-refractivity contribution is -0.385. The van der Waals surface area contributed by atoms with Crippen molar-refractivity contribution in [2.75, 3.05) is 13.2 Å². The Hall–Kier alpha value is -1.70. The fourth-order valence-electron chi connectivity index (χ4n) is 1.30. The number of nitro groups is 1. The largest absolute Gasteiger partial charge is 0.393 e. The van der Waals surface area contributed by atoms with E-state index < -0.39 is 28.7 Å². The summed E-state index contributed by atoms with van der Waals surface area (Å²) in [5.74, 6) is -0.786. The van der Waals surface area contributed by atoms with Crippen molar-refractivity contribution in [3.8, 4) is 0 Å². The molecule has 0 radical (unpaired) electrons. The number of hydrogen-bond donors (Lipinski definition) is 3. The topological polar surface area (TPSA) is 113 Å². The molecule has 8 heteroatoms. The number of nitrogens with zero attached hydrogens (tertiary/aromatic N) is 1. The summed E-state index contributed by atoms with van der Waals surface area (Å²) in [6.45, 7) is 0.497. The van der Waals surface area contributed by atoms with Gasteiger partial charge in [-0.2, -0.15) is 0 Å². The number of amides is 1. The van der Waals surface area contributed by atoms with Gasteiger partial charge in [-0.3, -0.25) is 14.9 Å². The summed E-state index contributed by atoms with van der Waals surface area (Å²) in [5.41, 5.74) is -2.21. The van der Waals surface area contributed by atoms with Gasteiger partial charge in [0, 0.05) is 12.6 Å². The Morgan fingerprint density at radius 3 is 2.74 bits per heavy atom. The lowest BCUT2D eigenvalue weighted by Gasteiger charge is -2.20. The van der Waals surface area contributed by atoms with Gasteiger partial charge >= 0.3 is 0 Å². The van der Waals surface area contributed by atoms with Crippen molar-refractivity contribution in [3.05, 3.63) is 38.9 Å². The van der Waals surface area contributed by atoms with Crippen LogP contribution in [0.4, 0.5) is 5.69 Å². The Labute approximate surface area is 114 Å². The third kappa shape index (κ3) is 3.88. The molecule has 0 aliphatic carbocycles. The SMILES string of the molecule is CC(O)(CO)CNC(=O)c1c(Cl)cccc1[N+](=O)[O-]. The molecule has 0 heterocycles. The zero-order valence-electron chi connectivity index (χ0n) is 10.1. The van der Waals surface area contributed by atoms with E-state index >= 15 is 0 Å². The number of halogens is 1. The van der Waals surface area contributed by atoms with Crippen molar-refractivity contribution in [1.82, 2.24) is 5.32 Å². The number of hydrogen-bond acceptors (Lipinski definition) is 5. The molecule has 0 aromatic heterocycles. The average Bonchev–Trinajstić information content (AvgIpc) is 2.35. The number of benzene rings is 1. The Balaban J connectivity index is 2.97. The number of aliphatic hydroxyl groups is 2. The van der Waals surface area contributed by atoms with Gasteiger partial charge in [0.25, 0.3) is 11.6 Å². The van der Waals surface area contributed by atoms with Crippen LogP contribution in [-0.2, 0) is 0 Å². The van der Waals surface area contributed by atoms with Crippen LogP contribution in [0.25, 0.3) is 0 Å². The van der Waals surface area contributed by atoms with Crippen LogP contribution in [0.3, 0.4) is 0 Å². The molecule has 0 aliphatic rings. The van der Waals surface area contributed by atoms with Crippen LogP contribution in [0.15, 0.2) is 18.2 Å². The van der Waals surface area contributed by atoms with Crippen LogP contribution in [0.2, 0.25) is 5.02 Å². The molecule has 1 amide bonds. The van der Waals surface area contributed by atoms with Gasteiger partial charge in [-0.1, -0.05) is 17.7 Å². The van der Waals surface area contributed by atoms with Crippen LogP contribution >= 0.6 is 11.6 Å². The Kier molecular flexibility index (Phi) is 4.82. The standard InChI is InChI=1S/C11H13ClN2O5/c1-11(17,6-15)5-13-10(16)9-7(12)3-2-4-8(9)14(18)19/h2-4,15,17H,5-6H2,1H3,(H,13,16). The Morgan fingerprint density at radius 2 is 2.21 bits per heavy atom. The summed E-state index contributed by atoms with van der Waals surface area (Å²) in [7, 11) is 0. The zero-order valence-corrected chi connectivity index (χ0v) is 10.8. The first kappa shape index (κ1) is 15.4. The maximum Gasteiger partial charge on any atom is 0.283 e. The summed E-state index contributed by atoms with van der Waals surface area (Å²) in [6, 6.07) is 3.87. The summed E-state index contributed by atoms with van der Waals surface area (Å²) in [5, 5.41) is 31.4. The van der Waals surface area contributed by atoms with Crippen LogP contribution in [0.5, 0.6) is 0 Å². The molecule has 0 saturated heterocycles. The van der Waals surface area contributed by atoms with Crippen molar-refractivity contribution in [2.24, 2.45) is 0 Å². The zero-order chi connectivity index (χ0) is 14.6. The van der Waals surface area contributed by atoms with Gasteiger partial charge in [0.2, 0.25) is 0 Å². The summed E-state index contributed by atoms with van der Waals surface area (Å²) in [4.78, 5) is 22.0. The third-order valence-corrected chi connectivity index (χ3v) is 2.70. The normalized spacial score (nSPS) is 13.7. The minimum atomic E-state index is -1.51. The van der Waals surface area contributed by atoms with Gasteiger partial charge in [0.15, 0.2) is 0 Å². The molecule has 0 aliphatic heterocycles. The minimum Gasteiger partial charge on any atom is -0.393 e. The van der Waals surface area contributed by atoms with E-state index in [4.69, 9.17) is 16.7 Å². The molecule has 0 fully saturated rings. The second-order valence-electron chi connectivity index (χ2n) is 4.23. The van der Waals surface area contributed by atoms with Gasteiger partial charge in [-0.05, 0) is 13.0 Å². The predicted octanol–water partition coefficient (Wildman–Crippen LogP) is 0.721. The van der Waals surface area contributed by atoms with E-state index in [9.17, 15) is 20.0 Å². The molecule has 104 valence electrons. The molecule has 1 atom stereocenters. The first-order chi connectivity index (χ1) is 8.78. The lowest BCUT2D eigenvalue weighted by atomic mass is 10.1. The Morgan fingerprint density at radius 1 is 1.58 bits per heavy atom. The summed E-state index contributed by atoms with van der Waals surface area (Å²) >= 11 is 5.78. The summed E-state index contributed by atoms with van der Waals surface area (Å²) in [6.07, 6.45) is 0. The van der Waals surface area contributed by atoms with Crippen LogP contribution < -0.4 is 5.32 Å². The summed E-state index contributed by atoms with van der Waals surface area (Å²) < 4.78 is 0. The van der Waals surface area contributed by atoms with Gasteiger partial charge < -0.3 is 15.5 Å². The highest BCUT2D eigenvalue weighted by Gasteiger charge is 2.26. The molecule has 1 aromatic rings. The third-order valence-electron chi connectivity index (χ3n) is 2.39. The maximum atomic E-state index is 11.9. The maximum absolute atomic E-state index is 11.9. The van der Waals surface area contributed by atoms with Gasteiger partial charge in [0.05, 0.1) is 16.6 Å². The van der Waals surface area contributed by atoms with E-state index in [1.807, 2.05) is 0 Å². The van der Waals surface area contributed by atoms with Crippen molar-refractivity contribution >= 4 is 23.2 Å². The Bertz CT molecular complexity index is 504. The number of aliphatic hydroxyl groups excluding tert-OH is 1. The highest BCUT2D eigenvalue weighted by atomic mass is 35.5. The van der Waals surface area contributed by atoms with Gasteiger partial charge in [-0.25, -0.2) is 0 Å². The van der Waals surface area contributed by atoms with E-state index in [0.717, 1.165) is 6.07 Å². The smallest absolute Gasteiger partial charge is 0.283 e. The second kappa shape index (κ2) is 5.96. The van der Waals surface area contributed by atoms with Crippen LogP contribution in [0.1, 0.15) is 17.3 Å². The van der Waals surface area contributed by atoms with E-state index in [1.54, 1.807) is 0 Å². The van der Waals surface area contributed by atoms with Crippen molar-refractivity contribution < 1.29 is 19.9 Å². The van der Waals surface area contributed by atoms with Crippen molar-refractivity contribution in [1.29, 1.82) is 0 Å². The van der Waals surface area contributed by atoms with Crippen LogP contribution in [0, 0.1) is 10.1 Å². The van der Waals surface area contributed by atoms with Gasteiger partial charge in [0.1, 0.15) is 11.2 Å². The molecule has 1 aromatic carbocycles. The number of nitro benzene ring substituents is 1. The lowest BCUT2D eigenvalue weighted by Crippen LogP contribution is -2.43. The highest BCUT2D eigenvalue weighted by molar-refractivity contribution is 6.34. The van der Waals surface area contributed by atoms with Gasteiger partial charge in [-0.15, -0.1) is 0 Å². The van der Waals surface area contributed by atoms with E-state index in [2.05, 4.69) is 5.32 Å². The second-order valence-corrected chi connectivity index (χ2v) is 4.64. The molecule has 0 spiro atoms. The monoisotopic (exact) mass is 288 g/mol. The van der Waals surface area contributed by atoms with E-state index in [-0.39, 0.29) is 17.1 Å². The fraction of sp³-hybridized carbons (Fsp3) is 0.364. The molecular formula is C11H13ClN2O5. The van der Waals surface area contributed by atoms with Crippen LogP contribution in [-0.4, -0.2) is 39.8 Å². The van der Waals surface area contributed by atoms with E-state index in [0.29, 0.717) is 0 Å². The molecule has 7 nitrogen and oxygen atoms in total. The first-order valence-electron chi connectivity index (χ1n) is 5.33. The number of nitrogens with one attached hydrogen (secondary N) is 1. The quantitative estimate of drug-likeness (QED) is 0.546. The number of rotatable bonds is 5. The molecule has 1 unspecified atom stereocenters. The highest BCUT2D eigenvalue weighted by Crippen LogP contribution is 2.26. The molecule has 0 bridgehead atoms. The van der Waals surface area contributed by atoms with Crippen molar-refractivity contribution in [3.63, 3.8) is 0 Å². The van der Waals surface area contributed by atoms with Crippen molar-refractivity contribution in [2.45, 2.75) is 12.5 Å². The molecule has 0 saturated carbocycles. The number of carbonyl (C=O) groups excluding carboxylic acids is 1. The van der Waals surface area contributed by atoms with E-state index in [1.165, 1.54) is 19.1 Å². The molecular weight excluding hydrogens is 276 g/mol. The fourth-order valence-corrected chi connectivity index (χ4v) is 1.56.